The maximum absolute atomic E-state index is 12.0. The van der Waals surface area contributed by atoms with Gasteiger partial charge in [0.05, 0.1) is 11.3 Å². The van der Waals surface area contributed by atoms with Crippen molar-refractivity contribution in [2.24, 2.45) is 0 Å². The van der Waals surface area contributed by atoms with Crippen LogP contribution in [-0.2, 0) is 0 Å². The Morgan fingerprint density at radius 2 is 2.08 bits per heavy atom. The van der Waals surface area contributed by atoms with Crippen molar-refractivity contribution in [2.45, 2.75) is 6.43 Å². The Morgan fingerprint density at radius 1 is 1.42 bits per heavy atom. The zero-order valence-electron chi connectivity index (χ0n) is 5.88. The van der Waals surface area contributed by atoms with Crippen LogP contribution in [0.5, 0.6) is 0 Å². The standard InChI is InChI=1S/C7H5F2NO2/c8-6(9)5-2-1-4(3-11)10-7(5)12/h1-3,6H,(H,10,12). The third kappa shape index (κ3) is 1.55. The molecule has 0 amide bonds. The van der Waals surface area contributed by atoms with E-state index in [1.54, 1.807) is 0 Å². The van der Waals surface area contributed by atoms with Crippen molar-refractivity contribution in [3.8, 4) is 0 Å². The van der Waals surface area contributed by atoms with E-state index in [-0.39, 0.29) is 5.69 Å². The fraction of sp³-hybridized carbons (Fsp3) is 0.143. The van der Waals surface area contributed by atoms with E-state index in [0.717, 1.165) is 12.1 Å². The van der Waals surface area contributed by atoms with Crippen molar-refractivity contribution in [3.05, 3.63) is 33.7 Å². The van der Waals surface area contributed by atoms with E-state index < -0.39 is 17.5 Å². The van der Waals surface area contributed by atoms with E-state index in [0.29, 0.717) is 6.29 Å². The molecule has 1 heterocycles. The highest BCUT2D eigenvalue weighted by Gasteiger charge is 2.11. The molecule has 1 N–H and O–H groups in total. The number of rotatable bonds is 2. The number of aldehydes is 1. The fourth-order valence-electron chi connectivity index (χ4n) is 0.741. The van der Waals surface area contributed by atoms with Crippen LogP contribution in [0.1, 0.15) is 22.5 Å². The van der Waals surface area contributed by atoms with Crippen LogP contribution in [0.15, 0.2) is 16.9 Å². The number of nitrogens with one attached hydrogen (secondary N) is 1. The highest BCUT2D eigenvalue weighted by molar-refractivity contribution is 5.71. The first kappa shape index (κ1) is 8.58. The summed E-state index contributed by atoms with van der Waals surface area (Å²) in [6.07, 6.45) is -2.43. The van der Waals surface area contributed by atoms with E-state index in [4.69, 9.17) is 0 Å². The molecule has 1 aromatic heterocycles. The van der Waals surface area contributed by atoms with Crippen LogP contribution in [-0.4, -0.2) is 11.3 Å². The number of carbonyl (C=O) groups is 1. The lowest BCUT2D eigenvalue weighted by Crippen LogP contribution is -2.14. The molecule has 0 aromatic carbocycles. The van der Waals surface area contributed by atoms with Gasteiger partial charge < -0.3 is 4.98 Å². The second-order valence-corrected chi connectivity index (χ2v) is 2.12. The molecule has 1 rings (SSSR count). The van der Waals surface area contributed by atoms with E-state index >= 15 is 0 Å². The van der Waals surface area contributed by atoms with Crippen molar-refractivity contribution < 1.29 is 13.6 Å². The van der Waals surface area contributed by atoms with Crippen LogP contribution in [0.4, 0.5) is 8.78 Å². The number of carbonyl (C=O) groups excluding carboxylic acids is 1. The summed E-state index contributed by atoms with van der Waals surface area (Å²) < 4.78 is 23.9. The topological polar surface area (TPSA) is 49.9 Å². The van der Waals surface area contributed by atoms with Gasteiger partial charge in [-0.2, -0.15) is 0 Å². The van der Waals surface area contributed by atoms with E-state index in [2.05, 4.69) is 0 Å². The molecule has 0 fully saturated rings. The van der Waals surface area contributed by atoms with Crippen LogP contribution in [0.2, 0.25) is 0 Å². The summed E-state index contributed by atoms with van der Waals surface area (Å²) in [7, 11) is 0. The molecule has 0 radical (unpaired) electrons. The average molecular weight is 173 g/mol. The summed E-state index contributed by atoms with van der Waals surface area (Å²) >= 11 is 0. The molecule has 0 spiro atoms. The highest BCUT2D eigenvalue weighted by Crippen LogP contribution is 2.13. The molecule has 0 bridgehead atoms. The summed E-state index contributed by atoms with van der Waals surface area (Å²) in [4.78, 5) is 22.8. The average Bonchev–Trinajstić information content (AvgIpc) is 2.03. The van der Waals surface area contributed by atoms with Crippen molar-refractivity contribution in [2.75, 3.05) is 0 Å². The number of aromatic amines is 1. The first-order valence-electron chi connectivity index (χ1n) is 3.11. The number of H-pyrrole nitrogens is 1. The van der Waals surface area contributed by atoms with Gasteiger partial charge in [0.15, 0.2) is 6.29 Å². The molecule has 5 heteroatoms. The van der Waals surface area contributed by atoms with Gasteiger partial charge in [0, 0.05) is 0 Å². The minimum absolute atomic E-state index is 0.00981. The fourth-order valence-corrected chi connectivity index (χ4v) is 0.741. The Morgan fingerprint density at radius 3 is 2.50 bits per heavy atom. The zero-order valence-corrected chi connectivity index (χ0v) is 5.88. The van der Waals surface area contributed by atoms with Crippen LogP contribution >= 0.6 is 0 Å². The van der Waals surface area contributed by atoms with Gasteiger partial charge in [-0.1, -0.05) is 0 Å². The normalized spacial score (nSPS) is 10.2. The molecule has 0 saturated heterocycles. The van der Waals surface area contributed by atoms with E-state index in [1.165, 1.54) is 0 Å². The van der Waals surface area contributed by atoms with E-state index in [1.807, 2.05) is 4.98 Å². The second-order valence-electron chi connectivity index (χ2n) is 2.12. The molecule has 64 valence electrons. The lowest BCUT2D eigenvalue weighted by Gasteiger charge is -1.96. The molecule has 1 aromatic rings. The van der Waals surface area contributed by atoms with Crippen LogP contribution in [0.25, 0.3) is 0 Å². The van der Waals surface area contributed by atoms with Gasteiger partial charge in [0.1, 0.15) is 0 Å². The Kier molecular flexibility index (Phi) is 2.32. The Balaban J connectivity index is 3.21. The lowest BCUT2D eigenvalue weighted by molar-refractivity contribution is 0.111. The molecule has 0 aliphatic heterocycles. The number of hydrogen-bond acceptors (Lipinski definition) is 2. The smallest absolute Gasteiger partial charge is 0.269 e. The van der Waals surface area contributed by atoms with Crippen molar-refractivity contribution >= 4 is 6.29 Å². The molecular formula is C7H5F2NO2. The monoisotopic (exact) mass is 173 g/mol. The lowest BCUT2D eigenvalue weighted by atomic mass is 10.2. The maximum Gasteiger partial charge on any atom is 0.269 e. The Labute approximate surface area is 66.0 Å². The van der Waals surface area contributed by atoms with Crippen molar-refractivity contribution in [1.82, 2.24) is 4.98 Å². The third-order valence-electron chi connectivity index (χ3n) is 1.32. The highest BCUT2D eigenvalue weighted by atomic mass is 19.3. The van der Waals surface area contributed by atoms with Gasteiger partial charge in [-0.05, 0) is 12.1 Å². The Bertz CT molecular complexity index is 346. The summed E-state index contributed by atoms with van der Waals surface area (Å²) in [6, 6.07) is 2.07. The van der Waals surface area contributed by atoms with Gasteiger partial charge in [0.25, 0.3) is 12.0 Å². The van der Waals surface area contributed by atoms with Gasteiger partial charge in [-0.3, -0.25) is 9.59 Å². The quantitative estimate of drug-likeness (QED) is 0.681. The van der Waals surface area contributed by atoms with Crippen LogP contribution in [0.3, 0.4) is 0 Å². The summed E-state index contributed by atoms with van der Waals surface area (Å²) in [5, 5.41) is 0. The number of pyridine rings is 1. The summed E-state index contributed by atoms with van der Waals surface area (Å²) in [5.41, 5.74) is -1.56. The Hall–Kier alpha value is -1.52. The second kappa shape index (κ2) is 3.25. The maximum atomic E-state index is 12.0. The van der Waals surface area contributed by atoms with Gasteiger partial charge in [0.2, 0.25) is 0 Å². The number of hydrogen-bond donors (Lipinski definition) is 1. The third-order valence-corrected chi connectivity index (χ3v) is 1.32. The largest absolute Gasteiger partial charge is 0.319 e. The molecule has 0 unspecified atom stereocenters. The molecule has 3 nitrogen and oxygen atoms in total. The van der Waals surface area contributed by atoms with Gasteiger partial charge in [-0.25, -0.2) is 8.78 Å². The van der Waals surface area contributed by atoms with Crippen molar-refractivity contribution in [1.29, 1.82) is 0 Å². The SMILES string of the molecule is O=Cc1ccc(C(F)F)c(=O)[nH]1. The molecule has 0 saturated carbocycles. The molecule has 0 aliphatic rings. The molecule has 12 heavy (non-hydrogen) atoms. The zero-order chi connectivity index (χ0) is 9.14. The first-order chi connectivity index (χ1) is 5.65. The summed E-state index contributed by atoms with van der Waals surface area (Å²) in [6.45, 7) is 0. The van der Waals surface area contributed by atoms with Gasteiger partial charge >= 0.3 is 0 Å². The predicted octanol–water partition coefficient (Wildman–Crippen LogP) is 1.12. The van der Waals surface area contributed by atoms with Crippen molar-refractivity contribution in [3.63, 3.8) is 0 Å². The summed E-state index contributed by atoms with van der Waals surface area (Å²) in [5.74, 6) is 0. The minimum atomic E-state index is -2.81. The molecular weight excluding hydrogens is 168 g/mol. The van der Waals surface area contributed by atoms with E-state index in [9.17, 15) is 18.4 Å². The number of halogens is 2. The molecule has 0 atom stereocenters. The predicted molar refractivity (Wildman–Crippen MR) is 37.4 cm³/mol. The number of alkyl halides is 2. The van der Waals surface area contributed by atoms with Crippen LogP contribution < -0.4 is 5.56 Å². The molecule has 0 aliphatic carbocycles. The van der Waals surface area contributed by atoms with Gasteiger partial charge in [-0.15, -0.1) is 0 Å². The number of aromatic nitrogens is 1. The first-order valence-corrected chi connectivity index (χ1v) is 3.11. The van der Waals surface area contributed by atoms with Crippen LogP contribution in [0, 0.1) is 0 Å². The minimum Gasteiger partial charge on any atom is -0.319 e.